The lowest BCUT2D eigenvalue weighted by molar-refractivity contribution is 0.284. The molecule has 0 saturated carbocycles. The van der Waals surface area contributed by atoms with Crippen LogP contribution in [0.15, 0.2) is 89.7 Å². The molecule has 0 fully saturated rings. The molecule has 4 rings (SSSR count). The van der Waals surface area contributed by atoms with Crippen LogP contribution in [0.5, 0.6) is 0 Å². The Morgan fingerprint density at radius 2 is 1.35 bits per heavy atom. The third-order valence-corrected chi connectivity index (χ3v) is 10.0. The minimum absolute atomic E-state index is 0.0621. The van der Waals surface area contributed by atoms with Crippen molar-refractivity contribution in [1.82, 2.24) is 9.97 Å². The summed E-state index contributed by atoms with van der Waals surface area (Å²) in [6, 6.07) is 8.53. The second-order valence-corrected chi connectivity index (χ2v) is 15.6. The number of hydrogen-bond acceptors (Lipinski definition) is 18. The van der Waals surface area contributed by atoms with Crippen molar-refractivity contribution in [3.63, 3.8) is 0 Å². The number of nitrogens with two attached hydrogens (primary N) is 2. The molecule has 3 aromatic carbocycles. The van der Waals surface area contributed by atoms with Gasteiger partial charge in [0.05, 0.1) is 34.3 Å². The second kappa shape index (κ2) is 14.6. The first kappa shape index (κ1) is 38.6. The number of sulfone groups is 1. The van der Waals surface area contributed by atoms with E-state index in [9.17, 15) is 51.6 Å². The average molecular weight is 794 g/mol. The number of nitrogens with one attached hydrogen (secondary N) is 1. The minimum Gasteiger partial charge on any atom is -0.396 e. The third-order valence-electron chi connectivity index (χ3n) is 6.09. The molecule has 0 aliphatic rings. The van der Waals surface area contributed by atoms with Crippen molar-refractivity contribution >= 4 is 86.1 Å². The Kier molecular flexibility index (Phi) is 11.1. The van der Waals surface area contributed by atoms with E-state index in [0.717, 1.165) is 42.5 Å². The van der Waals surface area contributed by atoms with Crippen LogP contribution in [0, 0.1) is 12.0 Å². The molecule has 51 heavy (non-hydrogen) atoms. The summed E-state index contributed by atoms with van der Waals surface area (Å²) in [4.78, 5) is 4.01. The highest BCUT2D eigenvalue weighted by molar-refractivity contribution is 7.91. The van der Waals surface area contributed by atoms with E-state index in [-0.39, 0.29) is 16.3 Å². The van der Waals surface area contributed by atoms with E-state index >= 15 is 0 Å². The molecule has 0 saturated heterocycles. The van der Waals surface area contributed by atoms with Gasteiger partial charge in [-0.3, -0.25) is 13.7 Å². The topological polar surface area (TPSA) is 346 Å². The molecule has 0 spiro atoms. The number of hydrogen-bond donors (Lipinski definition) is 6. The zero-order valence-corrected chi connectivity index (χ0v) is 28.1. The van der Waals surface area contributed by atoms with Crippen molar-refractivity contribution in [3.8, 4) is 0 Å². The normalized spacial score (nSPS) is 12.9. The van der Waals surface area contributed by atoms with Gasteiger partial charge in [0.1, 0.15) is 32.7 Å². The van der Waals surface area contributed by atoms with E-state index in [4.69, 9.17) is 16.0 Å². The predicted molar refractivity (Wildman–Crippen MR) is 171 cm³/mol. The number of nitrogen functional groups attached to an aromatic ring is 2. The first-order valence-corrected chi connectivity index (χ1v) is 19.0. The molecule has 0 amide bonds. The molecule has 0 atom stereocenters. The highest BCUT2D eigenvalue weighted by Gasteiger charge is 2.23. The molecule has 8 N–H and O–H groups in total. The van der Waals surface area contributed by atoms with Gasteiger partial charge in [-0.05, 0) is 48.5 Å². The lowest BCUT2D eigenvalue weighted by atomic mass is 10.2. The van der Waals surface area contributed by atoms with E-state index < -0.39 is 109 Å². The maximum absolute atomic E-state index is 13.5. The van der Waals surface area contributed by atoms with Gasteiger partial charge in [0.2, 0.25) is 5.95 Å². The monoisotopic (exact) mass is 793 g/mol. The highest BCUT2D eigenvalue weighted by atomic mass is 32.3. The molecular formula is C24H21F2N9O12S4. The fourth-order valence-electron chi connectivity index (χ4n) is 3.86. The van der Waals surface area contributed by atoms with Crippen LogP contribution in [-0.2, 0) is 44.7 Å². The van der Waals surface area contributed by atoms with Crippen molar-refractivity contribution in [2.75, 3.05) is 29.1 Å². The van der Waals surface area contributed by atoms with Gasteiger partial charge in [-0.25, -0.2) is 12.6 Å². The van der Waals surface area contributed by atoms with E-state index in [1.165, 1.54) is 0 Å². The summed E-state index contributed by atoms with van der Waals surface area (Å²) in [5, 5.41) is 17.5. The summed E-state index contributed by atoms with van der Waals surface area (Å²) in [6.45, 7) is -0.879. The molecule has 0 unspecified atom stereocenters. The summed E-state index contributed by atoms with van der Waals surface area (Å²) in [7, 11) is -19.1. The van der Waals surface area contributed by atoms with Crippen molar-refractivity contribution in [2.45, 2.75) is 14.7 Å². The van der Waals surface area contributed by atoms with Crippen LogP contribution in [-0.4, -0.2) is 69.7 Å². The van der Waals surface area contributed by atoms with Crippen LogP contribution < -0.4 is 16.8 Å². The average Bonchev–Trinajstić information content (AvgIpc) is 2.98. The zero-order valence-electron chi connectivity index (χ0n) is 24.9. The number of anilines is 4. The number of benzene rings is 3. The van der Waals surface area contributed by atoms with Gasteiger partial charge in [0.15, 0.2) is 9.84 Å². The van der Waals surface area contributed by atoms with Gasteiger partial charge in [0, 0.05) is 11.8 Å². The first-order chi connectivity index (χ1) is 23.5. The quantitative estimate of drug-likeness (QED) is 0.0370. The van der Waals surface area contributed by atoms with E-state index in [2.05, 4.69) is 39.9 Å². The van der Waals surface area contributed by atoms with Gasteiger partial charge in [-0.1, -0.05) is 0 Å². The smallest absolute Gasteiger partial charge is 0.396 e. The first-order valence-electron chi connectivity index (χ1n) is 13.1. The van der Waals surface area contributed by atoms with Crippen molar-refractivity contribution in [2.24, 2.45) is 20.5 Å². The van der Waals surface area contributed by atoms with Crippen LogP contribution in [0.1, 0.15) is 0 Å². The number of aromatic nitrogens is 2. The molecule has 1 heterocycles. The Balaban J connectivity index is 1.72. The Labute approximate surface area is 286 Å². The largest absolute Gasteiger partial charge is 0.397 e. The Morgan fingerprint density at radius 3 is 1.94 bits per heavy atom. The van der Waals surface area contributed by atoms with Gasteiger partial charge in [-0.15, -0.1) is 15.3 Å². The van der Waals surface area contributed by atoms with Gasteiger partial charge < -0.3 is 16.8 Å². The van der Waals surface area contributed by atoms with Gasteiger partial charge in [0.25, 0.3) is 20.2 Å². The zero-order chi connectivity index (χ0) is 37.9. The van der Waals surface area contributed by atoms with E-state index in [0.29, 0.717) is 12.1 Å². The van der Waals surface area contributed by atoms with Crippen LogP contribution >= 0.6 is 0 Å². The highest BCUT2D eigenvalue weighted by Crippen LogP contribution is 2.43. The molecular weight excluding hydrogens is 773 g/mol. The van der Waals surface area contributed by atoms with Crippen molar-refractivity contribution < 1.29 is 60.3 Å². The molecule has 0 radical (unpaired) electrons. The molecule has 0 bridgehead atoms. The fourth-order valence-corrected chi connectivity index (χ4v) is 6.59. The number of rotatable bonds is 13. The summed E-state index contributed by atoms with van der Waals surface area (Å²) in [6.07, 6.45) is -1.43. The van der Waals surface area contributed by atoms with Crippen molar-refractivity contribution in [3.05, 3.63) is 66.6 Å². The van der Waals surface area contributed by atoms with E-state index in [1.54, 1.807) is 0 Å². The second-order valence-electron chi connectivity index (χ2n) is 9.63. The molecule has 27 heteroatoms. The molecule has 21 nitrogen and oxygen atoms in total. The van der Waals surface area contributed by atoms with Crippen LogP contribution in [0.4, 0.5) is 54.4 Å². The number of nitrogens with zero attached hydrogens (tertiary/aromatic N) is 6. The maximum atomic E-state index is 13.5. The van der Waals surface area contributed by atoms with Crippen LogP contribution in [0.25, 0.3) is 0 Å². The number of halogens is 2. The maximum Gasteiger partial charge on any atom is 0.397 e. The van der Waals surface area contributed by atoms with Gasteiger partial charge in [-0.2, -0.15) is 49.1 Å². The molecule has 272 valence electrons. The number of azo groups is 2. The van der Waals surface area contributed by atoms with Gasteiger partial charge >= 0.3 is 16.5 Å². The molecule has 4 aromatic rings. The fraction of sp³-hybridized carbons (Fsp3) is 0.0833. The van der Waals surface area contributed by atoms with E-state index in [1.807, 2.05) is 0 Å². The summed E-state index contributed by atoms with van der Waals surface area (Å²) >= 11 is 0. The molecule has 0 aliphatic carbocycles. The Hall–Kier alpha value is -5.16. The predicted octanol–water partition coefficient (Wildman–Crippen LogP) is 3.58. The Bertz CT molecular complexity index is 2500. The summed E-state index contributed by atoms with van der Waals surface area (Å²) < 4.78 is 153. The lowest BCUT2D eigenvalue weighted by Gasteiger charge is -2.11. The SMILES string of the molecule is Nc1c(N=Nc2cc(Nc3cc(F)nc(F)n3)ccc2S(=O)(=O)O)cc(S(=O)(=O)O)c(N)c1N=Nc1ccc(S(=O)(=O)CCOS(=O)(=O)O)cc1. The minimum atomic E-state index is -5.11. The van der Waals surface area contributed by atoms with Crippen LogP contribution in [0.3, 0.4) is 0 Å². The van der Waals surface area contributed by atoms with Crippen molar-refractivity contribution in [1.29, 1.82) is 0 Å². The molecule has 0 aliphatic heterocycles. The molecule has 1 aromatic heterocycles. The summed E-state index contributed by atoms with van der Waals surface area (Å²) in [5.74, 6) is -2.47. The third kappa shape index (κ3) is 10.2. The standard InChI is InChI=1S/C24H21F2N9O12S4/c25-19-11-20(31-24(26)30-19)29-13-3-6-17(49(38,39)40)15(9-13)33-34-16-10-18(50(41,42)43)22(28)23(21(16)27)35-32-12-1-4-14(5-2-12)48(36,37)8-7-47-51(44,45)46/h1-6,9-11H,7-8,27-28H2,(H,29,30,31)(H,38,39,40)(H,41,42,43)(H,44,45,46). The Morgan fingerprint density at radius 1 is 0.725 bits per heavy atom. The summed E-state index contributed by atoms with van der Waals surface area (Å²) in [5.41, 5.74) is 8.76. The lowest BCUT2D eigenvalue weighted by Crippen LogP contribution is -2.15. The van der Waals surface area contributed by atoms with Crippen LogP contribution in [0.2, 0.25) is 0 Å².